The Morgan fingerprint density at radius 2 is 0.844 bits per heavy atom. The molecule has 4 rings (SSSR count). The molecule has 6 heteroatoms. The molecular formula is C26H22NaO4P. The van der Waals surface area contributed by atoms with Crippen molar-refractivity contribution in [2.45, 2.75) is 12.8 Å². The van der Waals surface area contributed by atoms with Gasteiger partial charge in [0, 0.05) is 0 Å². The Labute approximate surface area is 210 Å². The van der Waals surface area contributed by atoms with Gasteiger partial charge in [0.1, 0.15) is 11.5 Å². The first-order valence-electron chi connectivity index (χ1n) is 10.0. The summed E-state index contributed by atoms with van der Waals surface area (Å²) in [6, 6.07) is 34.1. The van der Waals surface area contributed by atoms with Gasteiger partial charge in [-0.1, -0.05) is 84.9 Å². The topological polar surface area (TPSA) is 58.6 Å². The van der Waals surface area contributed by atoms with Gasteiger partial charge in [0.2, 0.25) is 0 Å². The van der Waals surface area contributed by atoms with Crippen molar-refractivity contribution in [1.29, 1.82) is 0 Å². The quantitative estimate of drug-likeness (QED) is 0.305. The molecule has 0 spiro atoms. The van der Waals surface area contributed by atoms with Crippen LogP contribution >= 0.6 is 7.82 Å². The Balaban J connectivity index is 0.00000289. The average Bonchev–Trinajstić information content (AvgIpc) is 2.78. The molecule has 0 saturated heterocycles. The van der Waals surface area contributed by atoms with E-state index >= 15 is 0 Å². The Kier molecular flexibility index (Phi) is 8.75. The van der Waals surface area contributed by atoms with E-state index in [2.05, 4.69) is 24.3 Å². The summed E-state index contributed by atoms with van der Waals surface area (Å²) >= 11 is 0. The standard InChI is InChI=1S/C26H23O4P.Na/c27-31(28,29-25-15-11-23(12-16-25)19-21-7-3-1-4-8-21)30-26-17-13-24(14-18-26)20-22-9-5-2-6-10-22;/h1-18H,19-20H2,(H,27,28);/q;+1/p-1. The maximum Gasteiger partial charge on any atom is 1.00 e. The second-order valence-corrected chi connectivity index (χ2v) is 8.50. The van der Waals surface area contributed by atoms with Crippen LogP contribution in [0, 0.1) is 0 Å². The molecule has 0 aliphatic heterocycles. The van der Waals surface area contributed by atoms with Gasteiger partial charge in [0.05, 0.1) is 0 Å². The molecule has 0 aliphatic carbocycles. The zero-order valence-electron chi connectivity index (χ0n) is 17.9. The number of benzene rings is 4. The molecule has 0 fully saturated rings. The van der Waals surface area contributed by atoms with Crippen LogP contribution in [0.3, 0.4) is 0 Å². The predicted molar refractivity (Wildman–Crippen MR) is 120 cm³/mol. The Morgan fingerprint density at radius 1 is 0.531 bits per heavy atom. The van der Waals surface area contributed by atoms with Crippen molar-refractivity contribution in [3.8, 4) is 11.5 Å². The first-order chi connectivity index (χ1) is 15.1. The van der Waals surface area contributed by atoms with Gasteiger partial charge in [0.15, 0.2) is 0 Å². The van der Waals surface area contributed by atoms with Crippen LogP contribution in [0.5, 0.6) is 11.5 Å². The summed E-state index contributed by atoms with van der Waals surface area (Å²) in [6.07, 6.45) is 1.53. The van der Waals surface area contributed by atoms with Gasteiger partial charge in [-0.05, 0) is 59.4 Å². The molecular weight excluding hydrogens is 430 g/mol. The first-order valence-corrected chi connectivity index (χ1v) is 11.5. The molecule has 0 unspecified atom stereocenters. The molecule has 0 saturated carbocycles. The number of hydrogen-bond acceptors (Lipinski definition) is 4. The van der Waals surface area contributed by atoms with Gasteiger partial charge in [0.25, 0.3) is 0 Å². The zero-order valence-corrected chi connectivity index (χ0v) is 20.8. The summed E-state index contributed by atoms with van der Waals surface area (Å²) in [5, 5.41) is 0. The van der Waals surface area contributed by atoms with E-state index in [0.717, 1.165) is 24.0 Å². The summed E-state index contributed by atoms with van der Waals surface area (Å²) in [4.78, 5) is 12.3. The molecule has 0 heterocycles. The van der Waals surface area contributed by atoms with Gasteiger partial charge < -0.3 is 13.9 Å². The van der Waals surface area contributed by atoms with E-state index in [1.165, 1.54) is 11.1 Å². The third kappa shape index (κ3) is 7.37. The average molecular weight is 452 g/mol. The molecule has 0 amide bonds. The summed E-state index contributed by atoms with van der Waals surface area (Å²) < 4.78 is 22.5. The Hall–Kier alpha value is -2.33. The second-order valence-electron chi connectivity index (χ2n) is 7.24. The second kappa shape index (κ2) is 11.5. The minimum Gasteiger partial charge on any atom is -0.736 e. The van der Waals surface area contributed by atoms with Crippen LogP contribution in [-0.4, -0.2) is 0 Å². The monoisotopic (exact) mass is 452 g/mol. The fourth-order valence-electron chi connectivity index (χ4n) is 3.28. The molecule has 32 heavy (non-hydrogen) atoms. The molecule has 156 valence electrons. The molecule has 4 aromatic rings. The van der Waals surface area contributed by atoms with Crippen LogP contribution in [0.25, 0.3) is 0 Å². The smallest absolute Gasteiger partial charge is 0.736 e. The normalized spacial score (nSPS) is 10.8. The van der Waals surface area contributed by atoms with Crippen molar-refractivity contribution in [2.24, 2.45) is 0 Å². The molecule has 0 radical (unpaired) electrons. The molecule has 4 aromatic carbocycles. The first kappa shape index (κ1) is 24.3. The van der Waals surface area contributed by atoms with Crippen LogP contribution in [-0.2, 0) is 17.4 Å². The van der Waals surface area contributed by atoms with E-state index in [4.69, 9.17) is 9.05 Å². The molecule has 0 N–H and O–H groups in total. The van der Waals surface area contributed by atoms with Crippen LogP contribution in [0.15, 0.2) is 109 Å². The van der Waals surface area contributed by atoms with Crippen LogP contribution in [0.2, 0.25) is 0 Å². The van der Waals surface area contributed by atoms with Crippen molar-refractivity contribution < 1.29 is 48.1 Å². The van der Waals surface area contributed by atoms with Crippen molar-refractivity contribution in [3.63, 3.8) is 0 Å². The number of hydrogen-bond donors (Lipinski definition) is 0. The molecule has 0 atom stereocenters. The van der Waals surface area contributed by atoms with Gasteiger partial charge in [-0.25, -0.2) is 4.57 Å². The number of phosphoric acid groups is 1. The van der Waals surface area contributed by atoms with E-state index in [1.54, 1.807) is 24.3 Å². The summed E-state index contributed by atoms with van der Waals surface area (Å²) in [7, 11) is -4.55. The third-order valence-corrected chi connectivity index (χ3v) is 5.65. The molecule has 0 aromatic heterocycles. The van der Waals surface area contributed by atoms with E-state index in [1.807, 2.05) is 60.7 Å². The van der Waals surface area contributed by atoms with Crippen LogP contribution in [0.4, 0.5) is 0 Å². The summed E-state index contributed by atoms with van der Waals surface area (Å²) in [5.41, 5.74) is 4.50. The predicted octanol–water partition coefficient (Wildman–Crippen LogP) is 2.80. The maximum absolute atomic E-state index is 12.3. The van der Waals surface area contributed by atoms with Crippen LogP contribution < -0.4 is 43.5 Å². The SMILES string of the molecule is O=P([O-])(Oc1ccc(Cc2ccccc2)cc1)Oc1ccc(Cc2ccccc2)cc1.[Na+]. The summed E-state index contributed by atoms with van der Waals surface area (Å²) in [5.74, 6) is 0.437. The van der Waals surface area contributed by atoms with Crippen molar-refractivity contribution >= 4 is 7.82 Å². The van der Waals surface area contributed by atoms with Gasteiger partial charge in [-0.3, -0.25) is 0 Å². The van der Waals surface area contributed by atoms with E-state index in [-0.39, 0.29) is 41.1 Å². The molecule has 4 nitrogen and oxygen atoms in total. The summed E-state index contributed by atoms with van der Waals surface area (Å²) in [6.45, 7) is 0. The Morgan fingerprint density at radius 3 is 1.19 bits per heavy atom. The van der Waals surface area contributed by atoms with Gasteiger partial charge in [-0.2, -0.15) is 0 Å². The fourth-order valence-corrected chi connectivity index (χ4v) is 4.07. The van der Waals surface area contributed by atoms with E-state index in [0.29, 0.717) is 0 Å². The van der Waals surface area contributed by atoms with Crippen molar-refractivity contribution in [1.82, 2.24) is 0 Å². The van der Waals surface area contributed by atoms with E-state index in [9.17, 15) is 9.46 Å². The minimum absolute atomic E-state index is 0. The van der Waals surface area contributed by atoms with Crippen molar-refractivity contribution in [3.05, 3.63) is 131 Å². The maximum atomic E-state index is 12.3. The number of phosphoric ester groups is 1. The Bertz CT molecular complexity index is 1060. The van der Waals surface area contributed by atoms with Gasteiger partial charge >= 0.3 is 37.4 Å². The van der Waals surface area contributed by atoms with Crippen LogP contribution in [0.1, 0.15) is 22.3 Å². The van der Waals surface area contributed by atoms with Crippen molar-refractivity contribution in [2.75, 3.05) is 0 Å². The fraction of sp³-hybridized carbons (Fsp3) is 0.0769. The number of rotatable bonds is 8. The molecule has 0 aliphatic rings. The zero-order chi connectivity index (χ0) is 21.5. The minimum atomic E-state index is -4.55. The van der Waals surface area contributed by atoms with E-state index < -0.39 is 7.82 Å². The van der Waals surface area contributed by atoms with Gasteiger partial charge in [-0.15, -0.1) is 0 Å². The third-order valence-electron chi connectivity index (χ3n) is 4.78. The molecule has 0 bridgehead atoms. The largest absolute Gasteiger partial charge is 1.00 e.